The van der Waals surface area contributed by atoms with Gasteiger partial charge in [-0.15, -0.1) is 0 Å². The quantitative estimate of drug-likeness (QED) is 0.845. The van der Waals surface area contributed by atoms with E-state index in [1.165, 1.54) is 18.4 Å². The maximum Gasteiger partial charge on any atom is 0.223 e. The minimum absolute atomic E-state index is 0.237. The van der Waals surface area contributed by atoms with Crippen LogP contribution in [0, 0.1) is 5.41 Å². The van der Waals surface area contributed by atoms with Crippen LogP contribution in [0.5, 0.6) is 0 Å². The standard InChI is InChI=1S/C17H24N2OS/c20-16(12-17(14-21)6-7-17)19-10-8-18(9-11-19)13-15-4-2-1-3-5-15/h1-5,21H,6-14H2. The number of hydrogen-bond acceptors (Lipinski definition) is 3. The van der Waals surface area contributed by atoms with E-state index in [0.717, 1.165) is 38.5 Å². The van der Waals surface area contributed by atoms with Gasteiger partial charge in [0.1, 0.15) is 0 Å². The Morgan fingerprint density at radius 3 is 2.33 bits per heavy atom. The molecule has 0 unspecified atom stereocenters. The number of carbonyl (C=O) groups excluding carboxylic acids is 1. The van der Waals surface area contributed by atoms with Gasteiger partial charge in [-0.3, -0.25) is 9.69 Å². The van der Waals surface area contributed by atoms with Crippen LogP contribution in [0.1, 0.15) is 24.8 Å². The normalized spacial score (nSPS) is 21.3. The average Bonchev–Trinajstić information content (AvgIpc) is 3.29. The Morgan fingerprint density at radius 1 is 1.10 bits per heavy atom. The number of carbonyl (C=O) groups is 1. The second-order valence-electron chi connectivity index (χ2n) is 6.48. The number of rotatable bonds is 5. The highest BCUT2D eigenvalue weighted by atomic mass is 32.1. The molecule has 0 spiro atoms. The van der Waals surface area contributed by atoms with Gasteiger partial charge < -0.3 is 4.90 Å². The molecule has 0 bridgehead atoms. The van der Waals surface area contributed by atoms with Crippen molar-refractivity contribution in [1.82, 2.24) is 9.80 Å². The summed E-state index contributed by atoms with van der Waals surface area (Å²) in [5.41, 5.74) is 1.59. The molecule has 21 heavy (non-hydrogen) atoms. The molecule has 1 aromatic carbocycles. The first-order valence-electron chi connectivity index (χ1n) is 7.86. The van der Waals surface area contributed by atoms with E-state index in [1.807, 2.05) is 4.90 Å². The number of nitrogens with zero attached hydrogens (tertiary/aromatic N) is 2. The van der Waals surface area contributed by atoms with Crippen molar-refractivity contribution >= 4 is 18.5 Å². The Labute approximate surface area is 132 Å². The van der Waals surface area contributed by atoms with Crippen molar-refractivity contribution in [1.29, 1.82) is 0 Å². The molecule has 0 aromatic heterocycles. The fourth-order valence-corrected chi connectivity index (χ4v) is 3.43. The molecule has 114 valence electrons. The van der Waals surface area contributed by atoms with Gasteiger partial charge in [0, 0.05) is 39.1 Å². The van der Waals surface area contributed by atoms with E-state index in [0.29, 0.717) is 12.3 Å². The molecule has 1 saturated carbocycles. The van der Waals surface area contributed by atoms with Crippen LogP contribution in [0.4, 0.5) is 0 Å². The van der Waals surface area contributed by atoms with E-state index in [2.05, 4.69) is 47.9 Å². The molecule has 1 aliphatic heterocycles. The van der Waals surface area contributed by atoms with Crippen LogP contribution in [-0.2, 0) is 11.3 Å². The molecule has 0 N–H and O–H groups in total. The largest absolute Gasteiger partial charge is 0.340 e. The third-order valence-electron chi connectivity index (χ3n) is 4.79. The lowest BCUT2D eigenvalue weighted by atomic mass is 10.0. The lowest BCUT2D eigenvalue weighted by Gasteiger charge is -2.35. The second-order valence-corrected chi connectivity index (χ2v) is 6.79. The van der Waals surface area contributed by atoms with E-state index in [9.17, 15) is 4.79 Å². The van der Waals surface area contributed by atoms with Gasteiger partial charge in [-0.1, -0.05) is 30.3 Å². The predicted octanol–water partition coefficient (Wildman–Crippen LogP) is 2.43. The Hall–Kier alpha value is -1.00. The molecule has 2 aliphatic rings. The molecular formula is C17H24N2OS. The summed E-state index contributed by atoms with van der Waals surface area (Å²) in [5.74, 6) is 1.19. The van der Waals surface area contributed by atoms with Crippen molar-refractivity contribution in [3.63, 3.8) is 0 Å². The number of piperazine rings is 1. The van der Waals surface area contributed by atoms with Gasteiger partial charge in [0.05, 0.1) is 0 Å². The molecule has 1 saturated heterocycles. The summed E-state index contributed by atoms with van der Waals surface area (Å²) in [4.78, 5) is 16.8. The van der Waals surface area contributed by atoms with E-state index < -0.39 is 0 Å². The van der Waals surface area contributed by atoms with Crippen molar-refractivity contribution in [3.8, 4) is 0 Å². The maximum absolute atomic E-state index is 12.4. The van der Waals surface area contributed by atoms with E-state index in [-0.39, 0.29) is 5.41 Å². The Balaban J connectivity index is 1.45. The molecular weight excluding hydrogens is 280 g/mol. The Bertz CT molecular complexity index is 479. The highest BCUT2D eigenvalue weighted by molar-refractivity contribution is 7.80. The van der Waals surface area contributed by atoms with Crippen LogP contribution >= 0.6 is 12.6 Å². The topological polar surface area (TPSA) is 23.6 Å². The smallest absolute Gasteiger partial charge is 0.223 e. The first-order valence-corrected chi connectivity index (χ1v) is 8.49. The summed E-state index contributed by atoms with van der Waals surface area (Å²) in [6, 6.07) is 10.6. The summed E-state index contributed by atoms with van der Waals surface area (Å²) in [6.45, 7) is 4.69. The maximum atomic E-state index is 12.4. The van der Waals surface area contributed by atoms with E-state index >= 15 is 0 Å². The summed E-state index contributed by atoms with van der Waals surface area (Å²) in [6.07, 6.45) is 3.06. The number of hydrogen-bond donors (Lipinski definition) is 1. The minimum atomic E-state index is 0.237. The lowest BCUT2D eigenvalue weighted by molar-refractivity contribution is -0.134. The van der Waals surface area contributed by atoms with Crippen LogP contribution in [0.15, 0.2) is 30.3 Å². The molecule has 3 nitrogen and oxygen atoms in total. The van der Waals surface area contributed by atoms with Gasteiger partial charge in [0.2, 0.25) is 5.91 Å². The number of amides is 1. The molecule has 2 fully saturated rings. The van der Waals surface area contributed by atoms with Crippen molar-refractivity contribution in [2.24, 2.45) is 5.41 Å². The Kier molecular flexibility index (Phi) is 4.55. The summed E-state index contributed by atoms with van der Waals surface area (Å²) in [7, 11) is 0. The predicted molar refractivity (Wildman–Crippen MR) is 88.4 cm³/mol. The molecule has 1 aromatic rings. The lowest BCUT2D eigenvalue weighted by Crippen LogP contribution is -2.48. The number of thiol groups is 1. The molecule has 1 amide bonds. The Morgan fingerprint density at radius 2 is 1.76 bits per heavy atom. The van der Waals surface area contributed by atoms with Crippen molar-refractivity contribution in [2.45, 2.75) is 25.8 Å². The molecule has 3 rings (SSSR count). The van der Waals surface area contributed by atoms with Gasteiger partial charge in [-0.2, -0.15) is 12.6 Å². The fourth-order valence-electron chi connectivity index (χ4n) is 3.00. The molecule has 0 atom stereocenters. The third-order valence-corrected chi connectivity index (χ3v) is 5.46. The van der Waals surface area contributed by atoms with Gasteiger partial charge in [-0.05, 0) is 29.6 Å². The van der Waals surface area contributed by atoms with Gasteiger partial charge in [0.25, 0.3) is 0 Å². The zero-order chi connectivity index (χ0) is 14.7. The van der Waals surface area contributed by atoms with Gasteiger partial charge in [0.15, 0.2) is 0 Å². The van der Waals surface area contributed by atoms with Crippen LogP contribution in [0.2, 0.25) is 0 Å². The second kappa shape index (κ2) is 6.41. The van der Waals surface area contributed by atoms with E-state index in [4.69, 9.17) is 0 Å². The van der Waals surface area contributed by atoms with Gasteiger partial charge in [-0.25, -0.2) is 0 Å². The summed E-state index contributed by atoms with van der Waals surface area (Å²) in [5, 5.41) is 0. The first kappa shape index (κ1) is 14.9. The van der Waals surface area contributed by atoms with Crippen molar-refractivity contribution in [3.05, 3.63) is 35.9 Å². The zero-order valence-electron chi connectivity index (χ0n) is 12.5. The zero-order valence-corrected chi connectivity index (χ0v) is 13.4. The van der Waals surface area contributed by atoms with Crippen LogP contribution in [0.25, 0.3) is 0 Å². The highest BCUT2D eigenvalue weighted by Crippen LogP contribution is 2.49. The third kappa shape index (κ3) is 3.80. The fraction of sp³-hybridized carbons (Fsp3) is 0.588. The van der Waals surface area contributed by atoms with Crippen LogP contribution < -0.4 is 0 Å². The minimum Gasteiger partial charge on any atom is -0.340 e. The molecule has 0 radical (unpaired) electrons. The molecule has 1 aliphatic carbocycles. The van der Waals surface area contributed by atoms with Crippen LogP contribution in [-0.4, -0.2) is 47.6 Å². The SMILES string of the molecule is O=C(CC1(CS)CC1)N1CCN(Cc2ccccc2)CC1. The summed E-state index contributed by atoms with van der Waals surface area (Å²) >= 11 is 4.39. The summed E-state index contributed by atoms with van der Waals surface area (Å²) < 4.78 is 0. The molecule has 4 heteroatoms. The van der Waals surface area contributed by atoms with Gasteiger partial charge >= 0.3 is 0 Å². The first-order chi connectivity index (χ1) is 10.2. The van der Waals surface area contributed by atoms with E-state index in [1.54, 1.807) is 0 Å². The molecule has 1 heterocycles. The van der Waals surface area contributed by atoms with Crippen molar-refractivity contribution in [2.75, 3.05) is 31.9 Å². The van der Waals surface area contributed by atoms with Crippen molar-refractivity contribution < 1.29 is 4.79 Å². The number of benzene rings is 1. The average molecular weight is 304 g/mol. The highest BCUT2D eigenvalue weighted by Gasteiger charge is 2.43. The monoisotopic (exact) mass is 304 g/mol. The van der Waals surface area contributed by atoms with Crippen LogP contribution in [0.3, 0.4) is 0 Å².